The van der Waals surface area contributed by atoms with Gasteiger partial charge in [-0.1, -0.05) is 59.6 Å². The van der Waals surface area contributed by atoms with E-state index >= 15 is 0 Å². The first-order valence-electron chi connectivity index (χ1n) is 8.11. The van der Waals surface area contributed by atoms with Crippen LogP contribution < -0.4 is 5.32 Å². The number of rotatable bonds is 5. The van der Waals surface area contributed by atoms with Crippen molar-refractivity contribution in [1.29, 1.82) is 0 Å². The van der Waals surface area contributed by atoms with Crippen molar-refractivity contribution in [3.8, 4) is 0 Å². The molecule has 3 aromatic carbocycles. The van der Waals surface area contributed by atoms with Crippen molar-refractivity contribution in [2.45, 2.75) is 6.61 Å². The minimum atomic E-state index is -0.565. The smallest absolute Gasteiger partial charge is 0.340 e. The molecule has 0 aliphatic carbocycles. The van der Waals surface area contributed by atoms with Gasteiger partial charge in [0.1, 0.15) is 6.61 Å². The molecule has 0 heterocycles. The van der Waals surface area contributed by atoms with Gasteiger partial charge < -0.3 is 10.1 Å². The number of ether oxygens (including phenoxy) is 1. The first-order valence-corrected chi connectivity index (χ1v) is 8.86. The third-order valence-electron chi connectivity index (χ3n) is 3.81. The lowest BCUT2D eigenvalue weighted by atomic mass is 10.1. The van der Waals surface area contributed by atoms with E-state index < -0.39 is 5.97 Å². The fourth-order valence-electron chi connectivity index (χ4n) is 2.41. The van der Waals surface area contributed by atoms with Crippen LogP contribution in [0.15, 0.2) is 72.8 Å². The van der Waals surface area contributed by atoms with E-state index in [0.717, 1.165) is 0 Å². The molecule has 0 aliphatic rings. The highest BCUT2D eigenvalue weighted by molar-refractivity contribution is 6.35. The second-order valence-electron chi connectivity index (χ2n) is 5.68. The van der Waals surface area contributed by atoms with Gasteiger partial charge in [0.2, 0.25) is 0 Å². The van der Waals surface area contributed by atoms with Gasteiger partial charge in [-0.25, -0.2) is 4.79 Å². The van der Waals surface area contributed by atoms with Gasteiger partial charge in [0.15, 0.2) is 0 Å². The van der Waals surface area contributed by atoms with E-state index in [0.29, 0.717) is 26.9 Å². The highest BCUT2D eigenvalue weighted by Gasteiger charge is 2.16. The molecule has 0 saturated carbocycles. The van der Waals surface area contributed by atoms with E-state index in [2.05, 4.69) is 5.32 Å². The fourth-order valence-corrected chi connectivity index (χ4v) is 2.88. The maximum absolute atomic E-state index is 12.5. The Morgan fingerprint density at radius 1 is 0.889 bits per heavy atom. The molecular formula is C21H15Cl2NO3. The number of anilines is 1. The zero-order valence-electron chi connectivity index (χ0n) is 14.1. The maximum atomic E-state index is 12.5. The number of hydrogen-bond donors (Lipinski definition) is 1. The topological polar surface area (TPSA) is 55.4 Å². The van der Waals surface area contributed by atoms with Crippen LogP contribution in [0.25, 0.3) is 0 Å². The second kappa shape index (κ2) is 8.71. The van der Waals surface area contributed by atoms with Crippen LogP contribution >= 0.6 is 23.2 Å². The first kappa shape index (κ1) is 19.0. The molecule has 3 rings (SSSR count). The van der Waals surface area contributed by atoms with E-state index in [1.807, 2.05) is 6.07 Å². The second-order valence-corrected chi connectivity index (χ2v) is 6.52. The van der Waals surface area contributed by atoms with Gasteiger partial charge in [-0.2, -0.15) is 0 Å². The van der Waals surface area contributed by atoms with Gasteiger partial charge in [0.25, 0.3) is 5.91 Å². The van der Waals surface area contributed by atoms with E-state index in [1.165, 1.54) is 0 Å². The Labute approximate surface area is 166 Å². The van der Waals surface area contributed by atoms with Crippen LogP contribution in [0.4, 0.5) is 5.69 Å². The van der Waals surface area contributed by atoms with Crippen LogP contribution in [-0.4, -0.2) is 11.9 Å². The lowest BCUT2D eigenvalue weighted by Crippen LogP contribution is -2.15. The lowest BCUT2D eigenvalue weighted by Gasteiger charge is -2.11. The van der Waals surface area contributed by atoms with Crippen LogP contribution in [0.1, 0.15) is 26.3 Å². The van der Waals surface area contributed by atoms with Crippen molar-refractivity contribution in [2.24, 2.45) is 0 Å². The number of halogens is 2. The Hall–Kier alpha value is -2.82. The summed E-state index contributed by atoms with van der Waals surface area (Å²) in [5.74, 6) is -0.874. The summed E-state index contributed by atoms with van der Waals surface area (Å²) < 4.78 is 5.35. The largest absolute Gasteiger partial charge is 0.457 e. The summed E-state index contributed by atoms with van der Waals surface area (Å²) in [6.07, 6.45) is 0. The van der Waals surface area contributed by atoms with Crippen molar-refractivity contribution in [3.05, 3.63) is 99.5 Å². The van der Waals surface area contributed by atoms with Crippen molar-refractivity contribution in [1.82, 2.24) is 0 Å². The molecule has 1 N–H and O–H groups in total. The SMILES string of the molecule is O=C(Nc1ccccc1C(=O)OCc1ccc(Cl)cc1Cl)c1ccccc1. The summed E-state index contributed by atoms with van der Waals surface area (Å²) in [5.41, 5.74) is 1.76. The Morgan fingerprint density at radius 3 is 2.33 bits per heavy atom. The summed E-state index contributed by atoms with van der Waals surface area (Å²) in [6, 6.07) is 20.4. The summed E-state index contributed by atoms with van der Waals surface area (Å²) in [5, 5.41) is 3.66. The van der Waals surface area contributed by atoms with E-state index in [4.69, 9.17) is 27.9 Å². The zero-order chi connectivity index (χ0) is 19.2. The summed E-state index contributed by atoms with van der Waals surface area (Å²) in [7, 11) is 0. The quantitative estimate of drug-likeness (QED) is 0.567. The molecule has 1 amide bonds. The number of para-hydroxylation sites is 1. The standard InChI is InChI=1S/C21H15Cl2NO3/c22-16-11-10-15(18(23)12-16)13-27-21(26)17-8-4-5-9-19(17)24-20(25)14-6-2-1-3-7-14/h1-12H,13H2,(H,24,25). The Bertz CT molecular complexity index is 974. The average molecular weight is 400 g/mol. The number of carbonyl (C=O) groups excluding carboxylic acids is 2. The highest BCUT2D eigenvalue weighted by Crippen LogP contribution is 2.23. The molecule has 0 radical (unpaired) electrons. The third kappa shape index (κ3) is 4.88. The van der Waals surface area contributed by atoms with Gasteiger partial charge in [0.05, 0.1) is 11.3 Å². The number of nitrogens with one attached hydrogen (secondary N) is 1. The molecule has 4 nitrogen and oxygen atoms in total. The minimum Gasteiger partial charge on any atom is -0.457 e. The van der Waals surface area contributed by atoms with E-state index in [9.17, 15) is 9.59 Å². The maximum Gasteiger partial charge on any atom is 0.340 e. The first-order chi connectivity index (χ1) is 13.0. The zero-order valence-corrected chi connectivity index (χ0v) is 15.6. The molecule has 0 fully saturated rings. The van der Waals surface area contributed by atoms with Crippen LogP contribution in [0.3, 0.4) is 0 Å². The molecular weight excluding hydrogens is 385 g/mol. The van der Waals surface area contributed by atoms with E-state index in [-0.39, 0.29) is 18.1 Å². The number of esters is 1. The molecule has 0 atom stereocenters. The predicted octanol–water partition coefficient (Wildman–Crippen LogP) is 5.60. The van der Waals surface area contributed by atoms with Gasteiger partial charge in [0, 0.05) is 21.2 Å². The average Bonchev–Trinajstić information content (AvgIpc) is 2.68. The van der Waals surface area contributed by atoms with Crippen molar-refractivity contribution >= 4 is 40.8 Å². The van der Waals surface area contributed by atoms with Crippen LogP contribution in [0.2, 0.25) is 10.0 Å². The molecule has 6 heteroatoms. The van der Waals surface area contributed by atoms with Crippen LogP contribution in [0.5, 0.6) is 0 Å². The van der Waals surface area contributed by atoms with Crippen molar-refractivity contribution in [3.63, 3.8) is 0 Å². The number of benzene rings is 3. The molecule has 136 valence electrons. The number of amides is 1. The summed E-state index contributed by atoms with van der Waals surface area (Å²) >= 11 is 12.0. The van der Waals surface area contributed by atoms with Crippen LogP contribution in [-0.2, 0) is 11.3 Å². The van der Waals surface area contributed by atoms with Gasteiger partial charge in [-0.15, -0.1) is 0 Å². The third-order valence-corrected chi connectivity index (χ3v) is 4.39. The summed E-state index contributed by atoms with van der Waals surface area (Å²) in [6.45, 7) is -0.00417. The molecule has 0 bridgehead atoms. The molecule has 27 heavy (non-hydrogen) atoms. The predicted molar refractivity (Wildman–Crippen MR) is 106 cm³/mol. The molecule has 0 aliphatic heterocycles. The Morgan fingerprint density at radius 2 is 1.59 bits per heavy atom. The monoisotopic (exact) mass is 399 g/mol. The van der Waals surface area contributed by atoms with Crippen molar-refractivity contribution in [2.75, 3.05) is 5.32 Å². The molecule has 0 saturated heterocycles. The molecule has 0 spiro atoms. The molecule has 0 aromatic heterocycles. The normalized spacial score (nSPS) is 10.3. The fraction of sp³-hybridized carbons (Fsp3) is 0.0476. The number of hydrogen-bond acceptors (Lipinski definition) is 3. The summed E-state index contributed by atoms with van der Waals surface area (Å²) in [4.78, 5) is 24.8. The van der Waals surface area contributed by atoms with Gasteiger partial charge >= 0.3 is 5.97 Å². The molecule has 3 aromatic rings. The highest BCUT2D eigenvalue weighted by atomic mass is 35.5. The number of carbonyl (C=O) groups is 2. The van der Waals surface area contributed by atoms with E-state index in [1.54, 1.807) is 66.7 Å². The Kier molecular flexibility index (Phi) is 6.12. The Balaban J connectivity index is 1.73. The molecule has 0 unspecified atom stereocenters. The van der Waals surface area contributed by atoms with Crippen molar-refractivity contribution < 1.29 is 14.3 Å². The lowest BCUT2D eigenvalue weighted by molar-refractivity contribution is 0.0474. The minimum absolute atomic E-state index is 0.00417. The van der Waals surface area contributed by atoms with Gasteiger partial charge in [-0.3, -0.25) is 4.79 Å². The van der Waals surface area contributed by atoms with Gasteiger partial charge in [-0.05, 0) is 36.4 Å². The van der Waals surface area contributed by atoms with Crippen LogP contribution in [0, 0.1) is 0 Å².